The minimum atomic E-state index is -4.82. The third kappa shape index (κ3) is 5.76. The van der Waals surface area contributed by atoms with Crippen LogP contribution >= 0.6 is 11.6 Å². The van der Waals surface area contributed by atoms with Crippen molar-refractivity contribution in [1.29, 1.82) is 0 Å². The predicted molar refractivity (Wildman–Crippen MR) is 136 cm³/mol. The van der Waals surface area contributed by atoms with Gasteiger partial charge in [-0.15, -0.1) is 10.2 Å². The summed E-state index contributed by atoms with van der Waals surface area (Å²) in [6, 6.07) is 21.1. The average Bonchev–Trinajstić information content (AvgIpc) is 3.32. The molecule has 0 N–H and O–H groups in total. The summed E-state index contributed by atoms with van der Waals surface area (Å²) in [6.07, 6.45) is -7.30. The number of carbonyl (C=O) groups excluding carboxylic acids is 1. The van der Waals surface area contributed by atoms with Gasteiger partial charge in [-0.25, -0.2) is 0 Å². The van der Waals surface area contributed by atoms with E-state index in [-0.39, 0.29) is 24.5 Å². The SMILES string of the molecule is CCOC(=O)C[C@@H]1O[C@@H](c2cccc(OCc3ccccc3)c2)c2cc(Cl)ccc2-n2c1nnc2C(F)(F)F. The second kappa shape index (κ2) is 11.1. The second-order valence-electron chi connectivity index (χ2n) is 8.78. The number of alkyl halides is 3. The second-order valence-corrected chi connectivity index (χ2v) is 9.22. The Kier molecular flexibility index (Phi) is 7.58. The highest BCUT2D eigenvalue weighted by molar-refractivity contribution is 6.30. The van der Waals surface area contributed by atoms with Gasteiger partial charge in [0.25, 0.3) is 0 Å². The Morgan fingerprint density at radius 1 is 1.05 bits per heavy atom. The fourth-order valence-electron chi connectivity index (χ4n) is 4.44. The van der Waals surface area contributed by atoms with Crippen LogP contribution in [0.15, 0.2) is 72.8 Å². The number of benzene rings is 3. The molecule has 7 nitrogen and oxygen atoms in total. The molecule has 0 radical (unpaired) electrons. The summed E-state index contributed by atoms with van der Waals surface area (Å²) in [5.41, 5.74) is 2.04. The Labute approximate surface area is 227 Å². The Hall–Kier alpha value is -3.89. The monoisotopic (exact) mass is 557 g/mol. The summed E-state index contributed by atoms with van der Waals surface area (Å²) < 4.78 is 60.3. The lowest BCUT2D eigenvalue weighted by Gasteiger charge is -2.23. The molecule has 39 heavy (non-hydrogen) atoms. The number of ether oxygens (including phenoxy) is 3. The van der Waals surface area contributed by atoms with Crippen LogP contribution in [-0.4, -0.2) is 27.3 Å². The third-order valence-electron chi connectivity index (χ3n) is 6.11. The minimum absolute atomic E-state index is 0.103. The normalized spacial score (nSPS) is 16.6. The maximum absolute atomic E-state index is 14.0. The van der Waals surface area contributed by atoms with Crippen molar-refractivity contribution in [1.82, 2.24) is 14.8 Å². The smallest absolute Gasteiger partial charge is 0.452 e. The van der Waals surface area contributed by atoms with E-state index in [1.54, 1.807) is 31.2 Å². The fourth-order valence-corrected chi connectivity index (χ4v) is 4.62. The van der Waals surface area contributed by atoms with E-state index in [1.807, 2.05) is 30.3 Å². The van der Waals surface area contributed by atoms with E-state index in [0.717, 1.165) is 10.1 Å². The van der Waals surface area contributed by atoms with Crippen molar-refractivity contribution in [2.45, 2.75) is 38.3 Å². The van der Waals surface area contributed by atoms with Gasteiger partial charge in [0.2, 0.25) is 5.82 Å². The molecule has 1 aromatic heterocycles. The Balaban J connectivity index is 1.60. The van der Waals surface area contributed by atoms with Gasteiger partial charge >= 0.3 is 12.1 Å². The molecule has 0 saturated carbocycles. The number of rotatable bonds is 7. The first-order valence-electron chi connectivity index (χ1n) is 12.1. The van der Waals surface area contributed by atoms with Crippen molar-refractivity contribution in [3.8, 4) is 11.4 Å². The lowest BCUT2D eigenvalue weighted by atomic mass is 9.99. The van der Waals surface area contributed by atoms with Crippen molar-refractivity contribution in [2.75, 3.05) is 6.61 Å². The molecule has 5 rings (SSSR count). The van der Waals surface area contributed by atoms with Crippen LogP contribution in [0.25, 0.3) is 5.69 Å². The highest BCUT2D eigenvalue weighted by atomic mass is 35.5. The zero-order valence-electron chi connectivity index (χ0n) is 20.7. The Morgan fingerprint density at radius 2 is 1.85 bits per heavy atom. The summed E-state index contributed by atoms with van der Waals surface area (Å²) in [5, 5.41) is 7.51. The standard InChI is InChI=1S/C28H23ClF3N3O4/c1-2-37-24(36)15-23-26-33-34-27(28(30,31)32)35(26)22-12-11-19(29)14-21(22)25(39-23)18-9-6-10-20(13-18)38-16-17-7-4-3-5-8-17/h3-14,23,25H,2,15-16H2,1H3/t23-,25-/m0/s1. The molecule has 11 heteroatoms. The molecule has 2 heterocycles. The molecular formula is C28H23ClF3N3O4. The number of carbonyl (C=O) groups is 1. The first-order valence-corrected chi connectivity index (χ1v) is 12.5. The number of hydrogen-bond acceptors (Lipinski definition) is 6. The highest BCUT2D eigenvalue weighted by Gasteiger charge is 2.43. The van der Waals surface area contributed by atoms with E-state index in [0.29, 0.717) is 28.5 Å². The number of fused-ring (bicyclic) bond motifs is 3. The lowest BCUT2D eigenvalue weighted by Crippen LogP contribution is -2.18. The van der Waals surface area contributed by atoms with E-state index < -0.39 is 30.2 Å². The first kappa shape index (κ1) is 26.7. The fraction of sp³-hybridized carbons (Fsp3) is 0.250. The third-order valence-corrected chi connectivity index (χ3v) is 6.34. The molecular weight excluding hydrogens is 535 g/mol. The van der Waals surface area contributed by atoms with Crippen LogP contribution < -0.4 is 4.74 Å². The lowest BCUT2D eigenvalue weighted by molar-refractivity contribution is -0.147. The van der Waals surface area contributed by atoms with Gasteiger partial charge in [0.15, 0.2) is 5.82 Å². The number of esters is 1. The molecule has 0 bridgehead atoms. The highest BCUT2D eigenvalue weighted by Crippen LogP contribution is 2.44. The van der Waals surface area contributed by atoms with Crippen molar-refractivity contribution in [2.24, 2.45) is 0 Å². The molecule has 1 aliphatic heterocycles. The van der Waals surface area contributed by atoms with Crippen LogP contribution in [0.5, 0.6) is 5.75 Å². The van der Waals surface area contributed by atoms with E-state index in [4.69, 9.17) is 25.8 Å². The maximum atomic E-state index is 14.0. The molecule has 0 unspecified atom stereocenters. The molecule has 0 spiro atoms. The van der Waals surface area contributed by atoms with E-state index in [9.17, 15) is 18.0 Å². The van der Waals surface area contributed by atoms with Crippen molar-refractivity contribution in [3.63, 3.8) is 0 Å². The van der Waals surface area contributed by atoms with Gasteiger partial charge in [-0.05, 0) is 48.4 Å². The summed E-state index contributed by atoms with van der Waals surface area (Å²) in [5.74, 6) is -1.52. The summed E-state index contributed by atoms with van der Waals surface area (Å²) in [4.78, 5) is 12.5. The van der Waals surface area contributed by atoms with Crippen LogP contribution in [0, 0.1) is 0 Å². The van der Waals surface area contributed by atoms with Gasteiger partial charge in [-0.2, -0.15) is 13.2 Å². The van der Waals surface area contributed by atoms with Crippen molar-refractivity contribution >= 4 is 17.6 Å². The summed E-state index contributed by atoms with van der Waals surface area (Å²) >= 11 is 6.31. The largest absolute Gasteiger partial charge is 0.489 e. The van der Waals surface area contributed by atoms with E-state index >= 15 is 0 Å². The van der Waals surface area contributed by atoms with Crippen molar-refractivity contribution < 1.29 is 32.2 Å². The molecule has 1 aliphatic rings. The molecule has 0 aliphatic carbocycles. The van der Waals surface area contributed by atoms with Crippen LogP contribution in [-0.2, 0) is 27.1 Å². The van der Waals surface area contributed by atoms with Crippen LogP contribution in [0.3, 0.4) is 0 Å². The average molecular weight is 558 g/mol. The zero-order valence-corrected chi connectivity index (χ0v) is 21.4. The van der Waals surface area contributed by atoms with Crippen LogP contribution in [0.2, 0.25) is 5.02 Å². The zero-order chi connectivity index (χ0) is 27.6. The maximum Gasteiger partial charge on any atom is 0.452 e. The number of aromatic nitrogens is 3. The molecule has 0 fully saturated rings. The Morgan fingerprint density at radius 3 is 2.59 bits per heavy atom. The van der Waals surface area contributed by atoms with Gasteiger partial charge in [0, 0.05) is 10.6 Å². The van der Waals surface area contributed by atoms with Crippen LogP contribution in [0.4, 0.5) is 13.2 Å². The number of halogens is 4. The van der Waals surface area contributed by atoms with Gasteiger partial charge < -0.3 is 14.2 Å². The van der Waals surface area contributed by atoms with Crippen LogP contribution in [0.1, 0.15) is 53.9 Å². The van der Waals surface area contributed by atoms with E-state index in [2.05, 4.69) is 10.2 Å². The molecule has 4 aromatic rings. The van der Waals surface area contributed by atoms with Gasteiger partial charge in [0.05, 0.1) is 18.7 Å². The van der Waals surface area contributed by atoms with Crippen molar-refractivity contribution in [3.05, 3.63) is 106 Å². The molecule has 2 atom stereocenters. The quantitative estimate of drug-likeness (QED) is 0.237. The molecule has 0 saturated heterocycles. The summed E-state index contributed by atoms with van der Waals surface area (Å²) in [7, 11) is 0. The molecule has 3 aromatic carbocycles. The number of nitrogens with zero attached hydrogens (tertiary/aromatic N) is 3. The number of hydrogen-bond donors (Lipinski definition) is 0. The summed E-state index contributed by atoms with van der Waals surface area (Å²) in [6.45, 7) is 2.06. The van der Waals surface area contributed by atoms with E-state index in [1.165, 1.54) is 18.2 Å². The van der Waals surface area contributed by atoms with Gasteiger partial charge in [-0.3, -0.25) is 9.36 Å². The first-order chi connectivity index (χ1) is 18.7. The minimum Gasteiger partial charge on any atom is -0.489 e. The van der Waals surface area contributed by atoms with Gasteiger partial charge in [-0.1, -0.05) is 54.1 Å². The molecule has 0 amide bonds. The predicted octanol–water partition coefficient (Wildman–Crippen LogP) is 6.63. The van der Waals surface area contributed by atoms with Gasteiger partial charge in [0.1, 0.15) is 24.6 Å². The Bertz CT molecular complexity index is 1480. The molecule has 202 valence electrons. The topological polar surface area (TPSA) is 75.5 Å².